The van der Waals surface area contributed by atoms with Gasteiger partial charge in [0.1, 0.15) is 0 Å². The Labute approximate surface area is 57.7 Å². The van der Waals surface area contributed by atoms with Crippen molar-refractivity contribution >= 4 is 11.6 Å². The Morgan fingerprint density at radius 3 is 1.70 bits per heavy atom. The van der Waals surface area contributed by atoms with Crippen LogP contribution in [0.3, 0.4) is 0 Å². The van der Waals surface area contributed by atoms with E-state index in [1.54, 1.807) is 0 Å². The molecule has 10 heavy (non-hydrogen) atoms. The maximum absolute atomic E-state index is 11.5. The molecule has 0 amide bonds. The lowest BCUT2D eigenvalue weighted by Gasteiger charge is -2.11. The summed E-state index contributed by atoms with van der Waals surface area (Å²) in [6, 6.07) is 0. The molecule has 1 unspecified atom stereocenters. The van der Waals surface area contributed by atoms with Gasteiger partial charge in [0, 0.05) is 0 Å². The molecule has 7 heteroatoms. The lowest BCUT2D eigenvalue weighted by atomic mass is 10.7. The smallest absolute Gasteiger partial charge is 0.293 e. The Morgan fingerprint density at radius 2 is 1.60 bits per heavy atom. The predicted molar refractivity (Wildman–Crippen MR) is 22.8 cm³/mol. The zero-order valence-electron chi connectivity index (χ0n) is 4.33. The zero-order chi connectivity index (χ0) is 8.36. The molecule has 62 valence electrons. The van der Waals surface area contributed by atoms with Crippen LogP contribution in [0.2, 0.25) is 0 Å². The highest BCUT2D eigenvalue weighted by Gasteiger charge is 2.42. The van der Waals surface area contributed by atoms with Gasteiger partial charge in [-0.25, -0.2) is 4.39 Å². The summed E-state index contributed by atoms with van der Waals surface area (Å²) in [5, 5.41) is 0. The summed E-state index contributed by atoms with van der Waals surface area (Å²) in [7, 11) is 0. The molecule has 0 aliphatic heterocycles. The van der Waals surface area contributed by atoms with Gasteiger partial charge in [0.05, 0.1) is 0 Å². The van der Waals surface area contributed by atoms with Gasteiger partial charge in [0.15, 0.2) is 0 Å². The fourth-order valence-electron chi connectivity index (χ4n) is 0.167. The lowest BCUT2D eigenvalue weighted by molar-refractivity contribution is -0.279. The van der Waals surface area contributed by atoms with E-state index < -0.39 is 18.4 Å². The van der Waals surface area contributed by atoms with Gasteiger partial charge in [-0.15, -0.1) is 0 Å². The normalized spacial score (nSPS) is 18.6. The molecule has 0 rings (SSSR count). The third-order valence-corrected chi connectivity index (χ3v) is 0.583. The van der Waals surface area contributed by atoms with Crippen molar-refractivity contribution in [3.63, 3.8) is 0 Å². The molecule has 0 bridgehead atoms. The first-order chi connectivity index (χ1) is 4.34. The molecule has 0 fully saturated rings. The van der Waals surface area contributed by atoms with E-state index in [1.807, 2.05) is 0 Å². The number of hydrogen-bond donors (Lipinski definition) is 0. The van der Waals surface area contributed by atoms with Gasteiger partial charge >= 0.3 is 6.18 Å². The van der Waals surface area contributed by atoms with E-state index in [-0.39, 0.29) is 0 Å². The number of rotatable bonds is 2. The summed E-state index contributed by atoms with van der Waals surface area (Å²) in [5.41, 5.74) is 0. The minimum atomic E-state index is -5.22. The molecule has 0 saturated carbocycles. The molecule has 0 spiro atoms. The van der Waals surface area contributed by atoms with Gasteiger partial charge < -0.3 is 0 Å². The molecular formula is C3H2ClF5O. The summed E-state index contributed by atoms with van der Waals surface area (Å²) in [6.07, 6.45) is -8.89. The second-order valence-electron chi connectivity index (χ2n) is 1.25. The summed E-state index contributed by atoms with van der Waals surface area (Å²) in [6.45, 7) is 0. The Hall–Kier alpha value is -0.100. The minimum Gasteiger partial charge on any atom is -0.293 e. The molecule has 0 radical (unpaired) electrons. The van der Waals surface area contributed by atoms with Gasteiger partial charge in [-0.1, -0.05) is 11.6 Å². The third-order valence-electron chi connectivity index (χ3n) is 0.480. The minimum absolute atomic E-state index is 2.78. The molecule has 0 aliphatic rings. The maximum Gasteiger partial charge on any atom is 0.445 e. The Kier molecular flexibility index (Phi) is 3.30. The molecule has 2 atom stereocenters. The topological polar surface area (TPSA) is 9.23 Å². The first kappa shape index (κ1) is 9.90. The van der Waals surface area contributed by atoms with E-state index in [1.165, 1.54) is 0 Å². The standard InChI is InChI=1S/C3H2ClF5O/c4-2(6)10-1(5)3(7,8)9/h1-2H/t1?,2-/m0/s1. The van der Waals surface area contributed by atoms with E-state index in [0.29, 0.717) is 0 Å². The SMILES string of the molecule is FC(O[C@H](F)Cl)C(F)(F)F. The second-order valence-corrected chi connectivity index (χ2v) is 1.60. The Balaban J connectivity index is 3.73. The van der Waals surface area contributed by atoms with Crippen molar-refractivity contribution in [3.8, 4) is 0 Å². The zero-order valence-corrected chi connectivity index (χ0v) is 5.09. The Morgan fingerprint density at radius 1 is 1.20 bits per heavy atom. The number of halogens is 6. The van der Waals surface area contributed by atoms with Crippen LogP contribution in [0.1, 0.15) is 0 Å². The van der Waals surface area contributed by atoms with Crippen LogP contribution in [0, 0.1) is 0 Å². The predicted octanol–water partition coefficient (Wildman–Crippen LogP) is 2.35. The van der Waals surface area contributed by atoms with Crippen molar-refractivity contribution in [2.24, 2.45) is 0 Å². The number of alkyl halides is 6. The van der Waals surface area contributed by atoms with E-state index in [0.717, 1.165) is 0 Å². The van der Waals surface area contributed by atoms with E-state index in [2.05, 4.69) is 16.3 Å². The molecule has 0 N–H and O–H groups in total. The average molecular weight is 184 g/mol. The molecule has 0 saturated heterocycles. The van der Waals surface area contributed by atoms with Gasteiger partial charge in [-0.05, 0) is 0 Å². The van der Waals surface area contributed by atoms with Crippen LogP contribution in [-0.4, -0.2) is 18.4 Å². The molecular weight excluding hydrogens is 182 g/mol. The maximum atomic E-state index is 11.5. The first-order valence-electron chi connectivity index (χ1n) is 1.98. The third kappa shape index (κ3) is 3.84. The largest absolute Gasteiger partial charge is 0.445 e. The van der Waals surface area contributed by atoms with Gasteiger partial charge in [-0.2, -0.15) is 17.6 Å². The van der Waals surface area contributed by atoms with Crippen molar-refractivity contribution in [1.82, 2.24) is 0 Å². The molecule has 1 nitrogen and oxygen atoms in total. The molecule has 0 heterocycles. The van der Waals surface area contributed by atoms with Crippen LogP contribution in [0.4, 0.5) is 22.0 Å². The molecule has 0 aromatic heterocycles. The fourth-order valence-corrected chi connectivity index (χ4v) is 0.258. The lowest BCUT2D eigenvalue weighted by Crippen LogP contribution is -2.28. The highest BCUT2D eigenvalue weighted by Crippen LogP contribution is 2.25. The number of hydrogen-bond acceptors (Lipinski definition) is 1. The van der Waals surface area contributed by atoms with Crippen LogP contribution >= 0.6 is 11.6 Å². The summed E-state index contributed by atoms with van der Waals surface area (Å²) < 4.78 is 58.9. The Bertz CT molecular complexity index is 102. The van der Waals surface area contributed by atoms with E-state index in [4.69, 9.17) is 0 Å². The van der Waals surface area contributed by atoms with E-state index >= 15 is 0 Å². The van der Waals surface area contributed by atoms with Gasteiger partial charge in [0.25, 0.3) is 12.2 Å². The summed E-state index contributed by atoms with van der Waals surface area (Å²) in [5.74, 6) is -2.78. The van der Waals surface area contributed by atoms with Crippen molar-refractivity contribution < 1.29 is 26.7 Å². The van der Waals surface area contributed by atoms with Crippen molar-refractivity contribution in [3.05, 3.63) is 0 Å². The van der Waals surface area contributed by atoms with Crippen molar-refractivity contribution in [2.45, 2.75) is 18.4 Å². The van der Waals surface area contributed by atoms with Crippen LogP contribution in [0.5, 0.6) is 0 Å². The van der Waals surface area contributed by atoms with Crippen LogP contribution in [-0.2, 0) is 4.74 Å². The first-order valence-corrected chi connectivity index (χ1v) is 2.42. The van der Waals surface area contributed by atoms with Crippen LogP contribution in [0.15, 0.2) is 0 Å². The number of ether oxygens (including phenoxy) is 1. The van der Waals surface area contributed by atoms with E-state index in [9.17, 15) is 22.0 Å². The quantitative estimate of drug-likeness (QED) is 0.473. The van der Waals surface area contributed by atoms with Crippen LogP contribution < -0.4 is 0 Å². The fraction of sp³-hybridized carbons (Fsp3) is 1.00. The monoisotopic (exact) mass is 184 g/mol. The highest BCUT2D eigenvalue weighted by atomic mass is 35.5. The molecule has 0 aromatic rings. The van der Waals surface area contributed by atoms with Crippen molar-refractivity contribution in [1.29, 1.82) is 0 Å². The highest BCUT2D eigenvalue weighted by molar-refractivity contribution is 6.18. The average Bonchev–Trinajstić information content (AvgIpc) is 1.60. The summed E-state index contributed by atoms with van der Waals surface area (Å²) >= 11 is 4.25. The van der Waals surface area contributed by atoms with Gasteiger partial charge in [0.2, 0.25) is 0 Å². The van der Waals surface area contributed by atoms with Gasteiger partial charge in [-0.3, -0.25) is 4.74 Å². The molecule has 0 aromatic carbocycles. The summed E-state index contributed by atoms with van der Waals surface area (Å²) in [4.78, 5) is 0. The molecule has 0 aliphatic carbocycles. The van der Waals surface area contributed by atoms with Crippen LogP contribution in [0.25, 0.3) is 0 Å². The second kappa shape index (κ2) is 3.34. The van der Waals surface area contributed by atoms with Crippen molar-refractivity contribution in [2.75, 3.05) is 0 Å².